The summed E-state index contributed by atoms with van der Waals surface area (Å²) in [6, 6.07) is 9.83. The lowest BCUT2D eigenvalue weighted by molar-refractivity contribution is 0.360. The van der Waals surface area contributed by atoms with Gasteiger partial charge in [-0.3, -0.25) is 0 Å². The Morgan fingerprint density at radius 2 is 1.91 bits per heavy atom. The number of aliphatic hydroxyl groups is 1. The molecule has 60 valence electrons. The fraction of sp³-hybridized carbons (Fsp3) is 0.333. The van der Waals surface area contributed by atoms with Crippen LogP contribution in [0.25, 0.3) is 0 Å². The van der Waals surface area contributed by atoms with Crippen molar-refractivity contribution >= 4 is 13.3 Å². The van der Waals surface area contributed by atoms with E-state index in [1.807, 2.05) is 43.4 Å². The van der Waals surface area contributed by atoms with Crippen molar-refractivity contribution < 1.29 is 6.48 Å². The summed E-state index contributed by atoms with van der Waals surface area (Å²) >= 11 is 0. The lowest BCUT2D eigenvalue weighted by atomic mass is 10.4. The van der Waals surface area contributed by atoms with Gasteiger partial charge < -0.3 is 5.11 Å². The standard InChI is InChI=1S/C9H14OSi/c1-11(2,8-10)9-6-4-3-5-7-9/h3-7,10H,8H2,1-2H3/i8D/t8-/m1/s1. The Morgan fingerprint density at radius 1 is 1.36 bits per heavy atom. The van der Waals surface area contributed by atoms with Crippen LogP contribution in [0.3, 0.4) is 0 Å². The highest BCUT2D eigenvalue weighted by Gasteiger charge is 2.21. The third-order valence-corrected chi connectivity index (χ3v) is 4.31. The Labute approximate surface area is 70.1 Å². The zero-order chi connectivity index (χ0) is 9.19. The normalized spacial score (nSPS) is 15.7. The fourth-order valence-electron chi connectivity index (χ4n) is 0.942. The summed E-state index contributed by atoms with van der Waals surface area (Å²) < 4.78 is 7.34. The molecule has 0 aliphatic carbocycles. The second-order valence-electron chi connectivity index (χ2n) is 3.22. The Hall–Kier alpha value is -0.603. The van der Waals surface area contributed by atoms with Crippen LogP contribution < -0.4 is 5.19 Å². The number of aliphatic hydroxyl groups excluding tert-OH is 1. The fourth-order valence-corrected chi connectivity index (χ4v) is 2.14. The molecule has 0 saturated heterocycles. The van der Waals surface area contributed by atoms with Crippen molar-refractivity contribution in [2.45, 2.75) is 13.1 Å². The average molecular weight is 167 g/mol. The second-order valence-corrected chi connectivity index (χ2v) is 7.50. The van der Waals surface area contributed by atoms with Crippen molar-refractivity contribution in [3.8, 4) is 0 Å². The number of benzene rings is 1. The molecular formula is C9H14OSi. The van der Waals surface area contributed by atoms with Gasteiger partial charge in [-0.25, -0.2) is 0 Å². The minimum atomic E-state index is -1.93. The van der Waals surface area contributed by atoms with Gasteiger partial charge in [0.2, 0.25) is 0 Å². The smallest absolute Gasteiger partial charge is 0.109 e. The zero-order valence-electron chi connectivity index (χ0n) is 7.91. The SMILES string of the molecule is [2H][C@H](O)[Si](C)(C)c1ccccc1. The molecular weight excluding hydrogens is 152 g/mol. The van der Waals surface area contributed by atoms with Gasteiger partial charge in [0, 0.05) is 6.21 Å². The van der Waals surface area contributed by atoms with Gasteiger partial charge in [-0.2, -0.15) is 0 Å². The molecule has 1 rings (SSSR count). The Balaban J connectivity index is 2.98. The summed E-state index contributed by atoms with van der Waals surface area (Å²) in [6.45, 7) is 4.00. The van der Waals surface area contributed by atoms with Gasteiger partial charge >= 0.3 is 0 Å². The minimum Gasteiger partial charge on any atom is -0.399 e. The van der Waals surface area contributed by atoms with Crippen LogP contribution in [0, 0.1) is 0 Å². The van der Waals surface area contributed by atoms with E-state index in [-0.39, 0.29) is 0 Å². The molecule has 0 aromatic heterocycles. The maximum atomic E-state index is 9.26. The molecule has 0 unspecified atom stereocenters. The van der Waals surface area contributed by atoms with Gasteiger partial charge in [0.25, 0.3) is 0 Å². The van der Waals surface area contributed by atoms with E-state index in [0.717, 1.165) is 5.19 Å². The molecule has 0 radical (unpaired) electrons. The molecule has 1 N–H and O–H groups in total. The third kappa shape index (κ3) is 1.91. The molecule has 1 nitrogen and oxygen atoms in total. The first-order valence-corrected chi connectivity index (χ1v) is 6.78. The van der Waals surface area contributed by atoms with E-state index >= 15 is 0 Å². The van der Waals surface area contributed by atoms with Crippen LogP contribution >= 0.6 is 0 Å². The van der Waals surface area contributed by atoms with E-state index in [1.165, 1.54) is 0 Å². The monoisotopic (exact) mass is 167 g/mol. The lowest BCUT2D eigenvalue weighted by Gasteiger charge is -2.18. The summed E-state index contributed by atoms with van der Waals surface area (Å²) in [7, 11) is -1.93. The van der Waals surface area contributed by atoms with E-state index < -0.39 is 14.3 Å². The van der Waals surface area contributed by atoms with Crippen molar-refractivity contribution in [2.24, 2.45) is 0 Å². The highest BCUT2D eigenvalue weighted by Crippen LogP contribution is 2.00. The zero-order valence-corrected chi connectivity index (χ0v) is 7.91. The van der Waals surface area contributed by atoms with Gasteiger partial charge in [0.15, 0.2) is 0 Å². The lowest BCUT2D eigenvalue weighted by Crippen LogP contribution is -2.45. The molecule has 0 aliphatic heterocycles. The quantitative estimate of drug-likeness (QED) is 0.655. The first-order valence-electron chi connectivity index (χ1n) is 4.28. The molecule has 11 heavy (non-hydrogen) atoms. The van der Waals surface area contributed by atoms with Crippen molar-refractivity contribution in [3.63, 3.8) is 0 Å². The van der Waals surface area contributed by atoms with Crippen LogP contribution in [0.4, 0.5) is 0 Å². The van der Waals surface area contributed by atoms with Gasteiger partial charge in [-0.05, 0) is 0 Å². The van der Waals surface area contributed by atoms with E-state index in [4.69, 9.17) is 1.37 Å². The van der Waals surface area contributed by atoms with Gasteiger partial charge in [-0.15, -0.1) is 0 Å². The molecule has 0 fully saturated rings. The van der Waals surface area contributed by atoms with Crippen LogP contribution in [0.1, 0.15) is 1.37 Å². The second kappa shape index (κ2) is 3.20. The maximum absolute atomic E-state index is 9.26. The molecule has 1 aromatic carbocycles. The first-order chi connectivity index (χ1) is 5.55. The predicted molar refractivity (Wildman–Crippen MR) is 50.6 cm³/mol. The van der Waals surface area contributed by atoms with Crippen LogP contribution in [0.15, 0.2) is 30.3 Å². The summed E-state index contributed by atoms with van der Waals surface area (Å²) in [5.41, 5.74) is 0. The van der Waals surface area contributed by atoms with Gasteiger partial charge in [0.1, 0.15) is 8.07 Å². The predicted octanol–water partition coefficient (Wildman–Crippen LogP) is 1.13. The van der Waals surface area contributed by atoms with Gasteiger partial charge in [0.05, 0.1) is 1.37 Å². The molecule has 0 heterocycles. The van der Waals surface area contributed by atoms with E-state index in [1.54, 1.807) is 0 Å². The van der Waals surface area contributed by atoms with Crippen molar-refractivity contribution in [1.82, 2.24) is 0 Å². The van der Waals surface area contributed by atoms with Crippen molar-refractivity contribution in [2.75, 3.05) is 6.21 Å². The van der Waals surface area contributed by atoms with Crippen molar-refractivity contribution in [1.29, 1.82) is 0 Å². The molecule has 0 saturated carbocycles. The molecule has 1 aromatic rings. The van der Waals surface area contributed by atoms with E-state index in [2.05, 4.69) is 0 Å². The third-order valence-electron chi connectivity index (χ3n) is 1.84. The topological polar surface area (TPSA) is 20.2 Å². The Kier molecular flexibility index (Phi) is 2.05. The number of hydrogen-bond donors (Lipinski definition) is 1. The molecule has 0 spiro atoms. The Morgan fingerprint density at radius 3 is 2.36 bits per heavy atom. The Bertz CT molecular complexity index is 246. The summed E-state index contributed by atoms with van der Waals surface area (Å²) in [5, 5.41) is 10.4. The summed E-state index contributed by atoms with van der Waals surface area (Å²) in [5.74, 6) is 0. The molecule has 1 atom stereocenters. The molecule has 0 amide bonds. The summed E-state index contributed by atoms with van der Waals surface area (Å²) in [4.78, 5) is 0. The largest absolute Gasteiger partial charge is 0.399 e. The first kappa shape index (κ1) is 7.07. The highest BCUT2D eigenvalue weighted by molar-refractivity contribution is 6.89. The number of rotatable bonds is 2. The minimum absolute atomic E-state index is 0.931. The molecule has 0 aliphatic rings. The van der Waals surface area contributed by atoms with E-state index in [9.17, 15) is 5.11 Å². The molecule has 2 heteroatoms. The average Bonchev–Trinajstić information content (AvgIpc) is 2.06. The van der Waals surface area contributed by atoms with Crippen LogP contribution in [-0.4, -0.2) is 19.4 Å². The molecule has 0 bridgehead atoms. The van der Waals surface area contributed by atoms with Crippen molar-refractivity contribution in [3.05, 3.63) is 30.3 Å². The van der Waals surface area contributed by atoms with E-state index in [0.29, 0.717) is 0 Å². The summed E-state index contributed by atoms with van der Waals surface area (Å²) in [6.07, 6.45) is -0.931. The van der Waals surface area contributed by atoms with Crippen LogP contribution in [0.5, 0.6) is 0 Å². The van der Waals surface area contributed by atoms with Crippen LogP contribution in [0.2, 0.25) is 13.1 Å². The van der Waals surface area contributed by atoms with Crippen LogP contribution in [-0.2, 0) is 0 Å². The number of hydrogen-bond acceptors (Lipinski definition) is 1. The maximum Gasteiger partial charge on any atom is 0.109 e. The van der Waals surface area contributed by atoms with Gasteiger partial charge in [-0.1, -0.05) is 48.6 Å². The highest BCUT2D eigenvalue weighted by atomic mass is 28.3.